The van der Waals surface area contributed by atoms with Crippen molar-refractivity contribution in [3.8, 4) is 23.8 Å². The fraction of sp³-hybridized carbons (Fsp3) is 0.364. The normalized spacial score (nSPS) is 10.2. The Kier molecular flexibility index (Phi) is 11.7. The molecule has 31 heavy (non-hydrogen) atoms. The van der Waals surface area contributed by atoms with Gasteiger partial charge in [-0.25, -0.2) is 4.98 Å². The van der Waals surface area contributed by atoms with Gasteiger partial charge in [-0.15, -0.1) is 6.42 Å². The molecule has 2 N–H and O–H groups in total. The van der Waals surface area contributed by atoms with E-state index in [0.717, 1.165) is 21.5 Å². The van der Waals surface area contributed by atoms with Crippen LogP contribution in [0.5, 0.6) is 11.5 Å². The number of terminal acetylenes is 1. The molecule has 0 aliphatic rings. The number of aromatic nitrogens is 1. The maximum absolute atomic E-state index is 5.88. The minimum absolute atomic E-state index is 0.293. The number of methoxy groups -OCH3 is 1. The van der Waals surface area contributed by atoms with E-state index in [-0.39, 0.29) is 0 Å². The van der Waals surface area contributed by atoms with E-state index in [2.05, 4.69) is 37.5 Å². The largest absolute Gasteiger partial charge is 0.497 e. The van der Waals surface area contributed by atoms with Crippen LogP contribution in [0.15, 0.2) is 41.0 Å². The number of nitrogens with one attached hydrogen (secondary N) is 2. The fourth-order valence-corrected chi connectivity index (χ4v) is 2.94. The van der Waals surface area contributed by atoms with E-state index in [1.54, 1.807) is 13.3 Å². The van der Waals surface area contributed by atoms with Gasteiger partial charge in [-0.3, -0.25) is 0 Å². The van der Waals surface area contributed by atoms with E-state index in [0.29, 0.717) is 56.9 Å². The molecule has 166 valence electrons. The van der Waals surface area contributed by atoms with Crippen molar-refractivity contribution in [1.29, 1.82) is 0 Å². The number of anilines is 1. The van der Waals surface area contributed by atoms with Crippen LogP contribution in [0.1, 0.15) is 5.56 Å². The number of rotatable bonds is 13. The average Bonchev–Trinajstić information content (AvgIpc) is 2.78. The number of pyridine rings is 1. The monoisotopic (exact) mass is 507 g/mol. The molecule has 0 radical (unpaired) electrons. The third-order valence-electron chi connectivity index (χ3n) is 3.96. The highest BCUT2D eigenvalue weighted by molar-refractivity contribution is 9.10. The smallest absolute Gasteiger partial charge is 0.171 e. The summed E-state index contributed by atoms with van der Waals surface area (Å²) in [6, 6.07) is 9.46. The first-order chi connectivity index (χ1) is 15.1. The summed E-state index contributed by atoms with van der Waals surface area (Å²) >= 11 is 8.69. The van der Waals surface area contributed by atoms with Crippen LogP contribution in [-0.4, -0.2) is 56.8 Å². The molecule has 0 saturated heterocycles. The van der Waals surface area contributed by atoms with Crippen molar-refractivity contribution >= 4 is 39.1 Å². The average molecular weight is 508 g/mol. The van der Waals surface area contributed by atoms with Gasteiger partial charge in [-0.2, -0.15) is 0 Å². The van der Waals surface area contributed by atoms with E-state index < -0.39 is 0 Å². The lowest BCUT2D eigenvalue weighted by atomic mass is 10.1. The molecule has 0 aliphatic carbocycles. The molecule has 2 rings (SSSR count). The van der Waals surface area contributed by atoms with Gasteiger partial charge in [-0.1, -0.05) is 5.92 Å². The Morgan fingerprint density at radius 2 is 1.97 bits per heavy atom. The minimum Gasteiger partial charge on any atom is -0.497 e. The predicted octanol–water partition coefficient (Wildman–Crippen LogP) is 3.43. The topological polar surface area (TPSA) is 73.9 Å². The van der Waals surface area contributed by atoms with Crippen molar-refractivity contribution in [2.24, 2.45) is 0 Å². The highest BCUT2D eigenvalue weighted by atomic mass is 79.9. The molecule has 0 bridgehead atoms. The van der Waals surface area contributed by atoms with Crippen LogP contribution in [0.25, 0.3) is 0 Å². The van der Waals surface area contributed by atoms with Gasteiger partial charge in [0.2, 0.25) is 0 Å². The lowest BCUT2D eigenvalue weighted by molar-refractivity contribution is 0.0461. The van der Waals surface area contributed by atoms with Crippen molar-refractivity contribution in [2.75, 3.05) is 52.0 Å². The minimum atomic E-state index is 0.293. The second-order valence-corrected chi connectivity index (χ2v) is 7.51. The van der Waals surface area contributed by atoms with E-state index in [1.807, 2.05) is 30.3 Å². The van der Waals surface area contributed by atoms with E-state index >= 15 is 0 Å². The van der Waals surface area contributed by atoms with Crippen molar-refractivity contribution in [3.05, 3.63) is 46.6 Å². The molecule has 0 saturated carbocycles. The van der Waals surface area contributed by atoms with Gasteiger partial charge in [-0.05, 0) is 70.5 Å². The Balaban J connectivity index is 1.77. The molecule has 0 atom stereocenters. The zero-order chi connectivity index (χ0) is 22.3. The standard InChI is InChI=1S/C22H26BrN3O4S/c1-3-10-28-11-12-29-13-14-30-20-6-5-19(27-2)15-17(20)8-9-24-22(31)26-21-7-4-18(23)16-25-21/h1,4-7,15-16H,8-14H2,2H3,(H2,24,25,26,31). The molecule has 0 unspecified atom stereocenters. The summed E-state index contributed by atoms with van der Waals surface area (Å²) in [4.78, 5) is 4.24. The van der Waals surface area contributed by atoms with Crippen molar-refractivity contribution < 1.29 is 18.9 Å². The summed E-state index contributed by atoms with van der Waals surface area (Å²) in [5.74, 6) is 4.63. The van der Waals surface area contributed by atoms with Crippen molar-refractivity contribution in [1.82, 2.24) is 10.3 Å². The molecule has 7 nitrogen and oxygen atoms in total. The molecular formula is C22H26BrN3O4S. The lowest BCUT2D eigenvalue weighted by Crippen LogP contribution is -2.30. The maximum atomic E-state index is 5.88. The summed E-state index contributed by atoms with van der Waals surface area (Å²) < 4.78 is 22.8. The number of nitrogens with zero attached hydrogens (tertiary/aromatic N) is 1. The third-order valence-corrected chi connectivity index (χ3v) is 4.67. The summed E-state index contributed by atoms with van der Waals surface area (Å²) in [6.45, 7) is 2.74. The first-order valence-corrected chi connectivity index (χ1v) is 10.9. The lowest BCUT2D eigenvalue weighted by Gasteiger charge is -2.14. The summed E-state index contributed by atoms with van der Waals surface area (Å²) in [5, 5.41) is 6.73. The van der Waals surface area contributed by atoms with Crippen LogP contribution in [0.4, 0.5) is 5.82 Å². The molecule has 1 aromatic heterocycles. The number of benzene rings is 1. The zero-order valence-electron chi connectivity index (χ0n) is 17.4. The zero-order valence-corrected chi connectivity index (χ0v) is 19.8. The number of hydrogen-bond donors (Lipinski definition) is 2. The van der Waals surface area contributed by atoms with Gasteiger partial charge in [0.05, 0.1) is 26.9 Å². The van der Waals surface area contributed by atoms with Gasteiger partial charge < -0.3 is 29.6 Å². The second-order valence-electron chi connectivity index (χ2n) is 6.18. The van der Waals surface area contributed by atoms with Gasteiger partial charge in [0.25, 0.3) is 0 Å². The Labute approximate surface area is 197 Å². The maximum Gasteiger partial charge on any atom is 0.171 e. The molecular weight excluding hydrogens is 482 g/mol. The first kappa shape index (κ1) is 24.9. The molecule has 1 aromatic carbocycles. The van der Waals surface area contributed by atoms with Crippen LogP contribution in [0.3, 0.4) is 0 Å². The SMILES string of the molecule is C#CCOCCOCCOc1ccc(OC)cc1CCNC(=S)Nc1ccc(Br)cn1. The summed E-state index contributed by atoms with van der Waals surface area (Å²) in [5.41, 5.74) is 1.01. The quantitative estimate of drug-likeness (QED) is 0.242. The molecule has 9 heteroatoms. The Morgan fingerprint density at radius 1 is 1.16 bits per heavy atom. The van der Waals surface area contributed by atoms with Crippen LogP contribution in [-0.2, 0) is 15.9 Å². The Bertz CT molecular complexity index is 859. The fourth-order valence-electron chi connectivity index (χ4n) is 2.50. The summed E-state index contributed by atoms with van der Waals surface area (Å²) in [6.07, 6.45) is 7.52. The van der Waals surface area contributed by atoms with Crippen LogP contribution in [0, 0.1) is 12.3 Å². The van der Waals surface area contributed by atoms with Crippen molar-refractivity contribution in [2.45, 2.75) is 6.42 Å². The number of thiocarbonyl (C=S) groups is 1. The Morgan fingerprint density at radius 3 is 2.71 bits per heavy atom. The summed E-state index contributed by atoms with van der Waals surface area (Å²) in [7, 11) is 1.64. The van der Waals surface area contributed by atoms with E-state index in [9.17, 15) is 0 Å². The van der Waals surface area contributed by atoms with Gasteiger partial charge in [0.15, 0.2) is 5.11 Å². The second kappa shape index (κ2) is 14.6. The molecule has 0 amide bonds. The van der Waals surface area contributed by atoms with Crippen LogP contribution >= 0.6 is 28.1 Å². The molecule has 0 fully saturated rings. The highest BCUT2D eigenvalue weighted by Crippen LogP contribution is 2.24. The van der Waals surface area contributed by atoms with Gasteiger partial charge in [0.1, 0.15) is 30.5 Å². The number of ether oxygens (including phenoxy) is 4. The van der Waals surface area contributed by atoms with Gasteiger partial charge >= 0.3 is 0 Å². The van der Waals surface area contributed by atoms with E-state index in [1.165, 1.54) is 0 Å². The highest BCUT2D eigenvalue weighted by Gasteiger charge is 2.07. The Hall–Kier alpha value is -2.38. The van der Waals surface area contributed by atoms with Gasteiger partial charge in [0, 0.05) is 17.2 Å². The van der Waals surface area contributed by atoms with Crippen LogP contribution in [0.2, 0.25) is 0 Å². The number of halogens is 1. The predicted molar refractivity (Wildman–Crippen MR) is 129 cm³/mol. The van der Waals surface area contributed by atoms with Crippen LogP contribution < -0.4 is 20.1 Å². The molecule has 2 aromatic rings. The molecule has 0 aliphatic heterocycles. The molecule has 0 spiro atoms. The molecule has 1 heterocycles. The first-order valence-electron chi connectivity index (χ1n) is 9.67. The number of hydrogen-bond acceptors (Lipinski definition) is 6. The third kappa shape index (κ3) is 9.98. The van der Waals surface area contributed by atoms with E-state index in [4.69, 9.17) is 37.6 Å². The van der Waals surface area contributed by atoms with Crippen molar-refractivity contribution in [3.63, 3.8) is 0 Å².